The van der Waals surface area contributed by atoms with Crippen LogP contribution in [0.4, 0.5) is 19.0 Å². The highest BCUT2D eigenvalue weighted by Gasteiger charge is 2.19. The monoisotopic (exact) mass is 438 g/mol. The van der Waals surface area contributed by atoms with Gasteiger partial charge >= 0.3 is 6.43 Å². The minimum absolute atomic E-state index is 0.0784. The summed E-state index contributed by atoms with van der Waals surface area (Å²) in [6.07, 6.45) is -1.31. The SMILES string of the molecule is Nc1nccc2cc(-c3nnn(Cc4ccc(-c5nnc(C(F)F)o5)c(F)c4)n3)ccc12. The molecule has 0 unspecified atom stereocenters. The fourth-order valence-corrected chi connectivity index (χ4v) is 3.19. The van der Waals surface area contributed by atoms with Gasteiger partial charge in [0, 0.05) is 17.1 Å². The van der Waals surface area contributed by atoms with E-state index in [0.717, 1.165) is 16.3 Å². The molecule has 5 rings (SSSR count). The molecule has 0 saturated heterocycles. The fourth-order valence-electron chi connectivity index (χ4n) is 3.19. The summed E-state index contributed by atoms with van der Waals surface area (Å²) >= 11 is 0. The molecule has 0 amide bonds. The molecule has 2 N–H and O–H groups in total. The molecule has 2 aromatic carbocycles. The Bertz CT molecular complexity index is 1430. The van der Waals surface area contributed by atoms with E-state index in [9.17, 15) is 13.2 Å². The lowest BCUT2D eigenvalue weighted by atomic mass is 10.1. The number of pyridine rings is 1. The van der Waals surface area contributed by atoms with Gasteiger partial charge in [-0.25, -0.2) is 9.37 Å². The molecule has 0 aliphatic heterocycles. The summed E-state index contributed by atoms with van der Waals surface area (Å²) in [6, 6.07) is 11.5. The number of nitrogen functional groups attached to an aromatic ring is 1. The number of anilines is 1. The van der Waals surface area contributed by atoms with Gasteiger partial charge in [0.15, 0.2) is 0 Å². The van der Waals surface area contributed by atoms with Crippen LogP contribution in [0.2, 0.25) is 0 Å². The predicted molar refractivity (Wildman–Crippen MR) is 107 cm³/mol. The Balaban J connectivity index is 1.37. The van der Waals surface area contributed by atoms with Crippen molar-refractivity contribution < 1.29 is 17.6 Å². The molecule has 160 valence electrons. The second-order valence-electron chi connectivity index (χ2n) is 6.84. The van der Waals surface area contributed by atoms with Gasteiger partial charge in [0.25, 0.3) is 11.8 Å². The van der Waals surface area contributed by atoms with Gasteiger partial charge in [0.05, 0.1) is 12.1 Å². The maximum absolute atomic E-state index is 14.5. The first kappa shape index (κ1) is 19.6. The molecular weight excluding hydrogens is 425 g/mol. The molecule has 0 spiro atoms. The van der Waals surface area contributed by atoms with Gasteiger partial charge in [0.2, 0.25) is 5.82 Å². The predicted octanol–water partition coefficient (Wildman–Crippen LogP) is 3.65. The van der Waals surface area contributed by atoms with Gasteiger partial charge in [-0.15, -0.1) is 20.4 Å². The van der Waals surface area contributed by atoms with Crippen LogP contribution in [0.25, 0.3) is 33.6 Å². The molecule has 32 heavy (non-hydrogen) atoms. The van der Waals surface area contributed by atoms with Crippen LogP contribution >= 0.6 is 0 Å². The van der Waals surface area contributed by atoms with Crippen molar-refractivity contribution in [3.8, 4) is 22.8 Å². The average molecular weight is 438 g/mol. The van der Waals surface area contributed by atoms with Crippen molar-refractivity contribution in [1.82, 2.24) is 35.4 Å². The van der Waals surface area contributed by atoms with E-state index in [1.165, 1.54) is 16.9 Å². The van der Waals surface area contributed by atoms with Crippen LogP contribution in [0, 0.1) is 5.82 Å². The van der Waals surface area contributed by atoms with Crippen LogP contribution in [0.5, 0.6) is 0 Å². The molecule has 9 nitrogen and oxygen atoms in total. The summed E-state index contributed by atoms with van der Waals surface area (Å²) in [5.41, 5.74) is 7.06. The third-order valence-corrected chi connectivity index (χ3v) is 4.72. The first-order valence-electron chi connectivity index (χ1n) is 9.31. The molecule has 0 atom stereocenters. The number of rotatable bonds is 5. The zero-order valence-electron chi connectivity index (χ0n) is 16.2. The first-order valence-corrected chi connectivity index (χ1v) is 9.31. The molecule has 3 aromatic heterocycles. The number of tetrazole rings is 1. The normalized spacial score (nSPS) is 11.5. The van der Waals surface area contributed by atoms with Gasteiger partial charge in [-0.3, -0.25) is 0 Å². The topological polar surface area (TPSA) is 121 Å². The molecule has 12 heteroatoms. The van der Waals surface area contributed by atoms with Crippen molar-refractivity contribution in [2.45, 2.75) is 13.0 Å². The van der Waals surface area contributed by atoms with Gasteiger partial charge in [-0.1, -0.05) is 12.1 Å². The van der Waals surface area contributed by atoms with Crippen LogP contribution in [-0.2, 0) is 6.54 Å². The summed E-state index contributed by atoms with van der Waals surface area (Å²) in [5, 5.41) is 20.8. The highest BCUT2D eigenvalue weighted by atomic mass is 19.3. The van der Waals surface area contributed by atoms with Crippen molar-refractivity contribution in [3.05, 3.63) is 65.9 Å². The number of nitrogens with zero attached hydrogens (tertiary/aromatic N) is 7. The van der Waals surface area contributed by atoms with Crippen molar-refractivity contribution >= 4 is 16.6 Å². The van der Waals surface area contributed by atoms with Crippen molar-refractivity contribution in [2.24, 2.45) is 0 Å². The van der Waals surface area contributed by atoms with E-state index in [-0.39, 0.29) is 18.0 Å². The number of hydrogen-bond donors (Lipinski definition) is 1. The number of fused-ring (bicyclic) bond motifs is 1. The first-order chi connectivity index (χ1) is 15.5. The van der Waals surface area contributed by atoms with Gasteiger partial charge < -0.3 is 10.2 Å². The second kappa shape index (κ2) is 7.72. The van der Waals surface area contributed by atoms with Crippen LogP contribution in [0.1, 0.15) is 17.9 Å². The van der Waals surface area contributed by atoms with Gasteiger partial charge in [-0.2, -0.15) is 13.6 Å². The second-order valence-corrected chi connectivity index (χ2v) is 6.84. The lowest BCUT2D eigenvalue weighted by molar-refractivity contribution is 0.116. The maximum Gasteiger partial charge on any atom is 0.314 e. The Morgan fingerprint density at radius 1 is 1.03 bits per heavy atom. The van der Waals surface area contributed by atoms with Crippen LogP contribution in [-0.4, -0.2) is 35.4 Å². The third kappa shape index (κ3) is 3.62. The number of nitrogens with two attached hydrogens (primary N) is 1. The largest absolute Gasteiger partial charge is 0.415 e. The number of aromatic nitrogens is 7. The molecule has 0 aliphatic carbocycles. The maximum atomic E-state index is 14.5. The van der Waals surface area contributed by atoms with Crippen molar-refractivity contribution in [1.29, 1.82) is 0 Å². The average Bonchev–Trinajstić information content (AvgIpc) is 3.44. The summed E-state index contributed by atoms with van der Waals surface area (Å²) < 4.78 is 44.5. The fraction of sp³-hybridized carbons (Fsp3) is 0.100. The molecule has 0 aliphatic rings. The molecule has 3 heterocycles. The van der Waals surface area contributed by atoms with E-state index < -0.39 is 18.1 Å². The van der Waals surface area contributed by atoms with Crippen molar-refractivity contribution in [3.63, 3.8) is 0 Å². The molecule has 0 radical (unpaired) electrons. The zero-order valence-corrected chi connectivity index (χ0v) is 16.2. The number of benzene rings is 2. The highest BCUT2D eigenvalue weighted by Crippen LogP contribution is 2.27. The lowest BCUT2D eigenvalue weighted by Crippen LogP contribution is -2.04. The number of hydrogen-bond acceptors (Lipinski definition) is 8. The van der Waals surface area contributed by atoms with Crippen LogP contribution < -0.4 is 5.73 Å². The van der Waals surface area contributed by atoms with Gasteiger partial charge in [0.1, 0.15) is 11.6 Å². The van der Waals surface area contributed by atoms with Gasteiger partial charge in [-0.05, 0) is 46.5 Å². The summed E-state index contributed by atoms with van der Waals surface area (Å²) in [5.74, 6) is -1.06. The van der Waals surface area contributed by atoms with E-state index in [1.807, 2.05) is 24.3 Å². The van der Waals surface area contributed by atoms with E-state index >= 15 is 0 Å². The van der Waals surface area contributed by atoms with Crippen LogP contribution in [0.3, 0.4) is 0 Å². The Labute approximate surface area is 177 Å². The van der Waals surface area contributed by atoms with E-state index in [4.69, 9.17) is 10.2 Å². The Kier molecular flexibility index (Phi) is 4.73. The number of alkyl halides is 2. The van der Waals surface area contributed by atoms with Crippen molar-refractivity contribution in [2.75, 3.05) is 5.73 Å². The molecular formula is C20H13F3N8O. The lowest BCUT2D eigenvalue weighted by Gasteiger charge is -2.03. The van der Waals surface area contributed by atoms with E-state index in [0.29, 0.717) is 17.2 Å². The van der Waals surface area contributed by atoms with Crippen LogP contribution in [0.15, 0.2) is 53.1 Å². The minimum Gasteiger partial charge on any atom is -0.415 e. The molecule has 5 aromatic rings. The quantitative estimate of drug-likeness (QED) is 0.441. The minimum atomic E-state index is -2.93. The van der Waals surface area contributed by atoms with E-state index in [2.05, 4.69) is 30.6 Å². The molecule has 0 saturated carbocycles. The highest BCUT2D eigenvalue weighted by molar-refractivity contribution is 5.93. The summed E-state index contributed by atoms with van der Waals surface area (Å²) in [4.78, 5) is 5.37. The Morgan fingerprint density at radius 3 is 2.69 bits per heavy atom. The Hall–Kier alpha value is -4.35. The number of halogens is 3. The summed E-state index contributed by atoms with van der Waals surface area (Å²) in [6.45, 7) is 0.140. The summed E-state index contributed by atoms with van der Waals surface area (Å²) in [7, 11) is 0. The van der Waals surface area contributed by atoms with E-state index in [1.54, 1.807) is 12.3 Å². The smallest absolute Gasteiger partial charge is 0.314 e. The molecule has 0 bridgehead atoms. The molecule has 0 fully saturated rings. The zero-order chi connectivity index (χ0) is 22.2. The Morgan fingerprint density at radius 2 is 1.91 bits per heavy atom. The standard InChI is InChI=1S/C20H13F3N8O/c21-15-7-10(1-3-14(15)19-27-28-20(32-19)16(22)23)9-31-29-18(26-30-31)12-2-4-13-11(8-12)5-6-25-17(13)24/h1-8,16H,9H2,(H2,24,25). The third-order valence-electron chi connectivity index (χ3n) is 4.72.